The Bertz CT molecular complexity index is 239. The highest BCUT2D eigenvalue weighted by Crippen LogP contribution is 2.08. The third-order valence-corrected chi connectivity index (χ3v) is 2.61. The molecule has 2 amide bonds. The van der Waals surface area contributed by atoms with E-state index in [1.165, 1.54) is 0 Å². The van der Waals surface area contributed by atoms with E-state index in [4.69, 9.17) is 0 Å². The van der Waals surface area contributed by atoms with Crippen molar-refractivity contribution in [3.8, 4) is 0 Å². The Balaban J connectivity index is 2.11. The number of carbonyl (C=O) groups is 2. The molecule has 2 N–H and O–H groups in total. The van der Waals surface area contributed by atoms with E-state index in [-0.39, 0.29) is 17.7 Å². The van der Waals surface area contributed by atoms with E-state index in [2.05, 4.69) is 24.5 Å². The van der Waals surface area contributed by atoms with Gasteiger partial charge in [0.25, 0.3) is 0 Å². The van der Waals surface area contributed by atoms with Crippen LogP contribution in [0.3, 0.4) is 0 Å². The second kappa shape index (κ2) is 5.73. The zero-order chi connectivity index (χ0) is 11.3. The van der Waals surface area contributed by atoms with E-state index in [0.717, 1.165) is 19.4 Å². The molecule has 0 saturated carbocycles. The third-order valence-electron chi connectivity index (χ3n) is 2.61. The fourth-order valence-electron chi connectivity index (χ4n) is 1.66. The molecular weight excluding hydrogens is 192 g/mol. The highest BCUT2D eigenvalue weighted by molar-refractivity contribution is 5.89. The molecular formula is C11H20N2O2. The molecule has 4 nitrogen and oxygen atoms in total. The normalized spacial score (nSPS) is 20.5. The van der Waals surface area contributed by atoms with Gasteiger partial charge in [0.05, 0.1) is 5.92 Å². The monoisotopic (exact) mass is 212 g/mol. The highest BCUT2D eigenvalue weighted by Gasteiger charge is 2.27. The zero-order valence-electron chi connectivity index (χ0n) is 9.51. The summed E-state index contributed by atoms with van der Waals surface area (Å²) in [5.41, 5.74) is 0. The van der Waals surface area contributed by atoms with Crippen molar-refractivity contribution >= 4 is 11.8 Å². The summed E-state index contributed by atoms with van der Waals surface area (Å²) < 4.78 is 0. The average Bonchev–Trinajstić information content (AvgIpc) is 2.59. The zero-order valence-corrected chi connectivity index (χ0v) is 9.51. The molecule has 1 fully saturated rings. The van der Waals surface area contributed by atoms with Crippen molar-refractivity contribution in [3.05, 3.63) is 0 Å². The largest absolute Gasteiger partial charge is 0.356 e. The Morgan fingerprint density at radius 3 is 2.87 bits per heavy atom. The third kappa shape index (κ3) is 4.32. The van der Waals surface area contributed by atoms with Crippen LogP contribution in [0.4, 0.5) is 0 Å². The van der Waals surface area contributed by atoms with Crippen LogP contribution in [0.25, 0.3) is 0 Å². The van der Waals surface area contributed by atoms with Crippen LogP contribution in [0, 0.1) is 11.8 Å². The van der Waals surface area contributed by atoms with E-state index < -0.39 is 0 Å². The summed E-state index contributed by atoms with van der Waals surface area (Å²) in [5.74, 6) is 0.516. The number of amides is 2. The van der Waals surface area contributed by atoms with Crippen LogP contribution in [0.15, 0.2) is 0 Å². The molecule has 1 saturated heterocycles. The van der Waals surface area contributed by atoms with Crippen LogP contribution in [-0.2, 0) is 9.59 Å². The van der Waals surface area contributed by atoms with E-state index in [0.29, 0.717) is 18.9 Å². The quantitative estimate of drug-likeness (QED) is 0.658. The van der Waals surface area contributed by atoms with Crippen LogP contribution in [0.2, 0.25) is 0 Å². The molecule has 1 atom stereocenters. The Hall–Kier alpha value is -1.06. The van der Waals surface area contributed by atoms with E-state index in [9.17, 15) is 9.59 Å². The van der Waals surface area contributed by atoms with Gasteiger partial charge in [-0.25, -0.2) is 0 Å². The SMILES string of the molecule is CC(C)CCCNC(=O)C1CNC(=O)C1. The Morgan fingerprint density at radius 1 is 1.60 bits per heavy atom. The minimum absolute atomic E-state index is 0.0112. The molecule has 0 spiro atoms. The van der Waals surface area contributed by atoms with Crippen molar-refractivity contribution in [1.82, 2.24) is 10.6 Å². The van der Waals surface area contributed by atoms with Crippen LogP contribution in [0.5, 0.6) is 0 Å². The maximum atomic E-state index is 11.5. The molecule has 1 heterocycles. The molecule has 1 aliphatic rings. The number of rotatable bonds is 5. The minimum atomic E-state index is -0.156. The van der Waals surface area contributed by atoms with Crippen LogP contribution in [-0.4, -0.2) is 24.9 Å². The van der Waals surface area contributed by atoms with Crippen molar-refractivity contribution in [2.24, 2.45) is 11.8 Å². The van der Waals surface area contributed by atoms with Gasteiger partial charge in [0.1, 0.15) is 0 Å². The summed E-state index contributed by atoms with van der Waals surface area (Å²) in [5, 5.41) is 5.53. The summed E-state index contributed by atoms with van der Waals surface area (Å²) in [6.45, 7) is 5.55. The van der Waals surface area contributed by atoms with Gasteiger partial charge >= 0.3 is 0 Å². The molecule has 0 aromatic heterocycles. The van der Waals surface area contributed by atoms with Crippen molar-refractivity contribution in [1.29, 1.82) is 0 Å². The van der Waals surface area contributed by atoms with Gasteiger partial charge < -0.3 is 10.6 Å². The molecule has 15 heavy (non-hydrogen) atoms. The fraction of sp³-hybridized carbons (Fsp3) is 0.818. The topological polar surface area (TPSA) is 58.2 Å². The predicted molar refractivity (Wildman–Crippen MR) is 58.2 cm³/mol. The smallest absolute Gasteiger partial charge is 0.225 e. The first-order valence-electron chi connectivity index (χ1n) is 5.64. The van der Waals surface area contributed by atoms with Crippen LogP contribution >= 0.6 is 0 Å². The predicted octanol–water partition coefficient (Wildman–Crippen LogP) is 0.675. The standard InChI is InChI=1S/C11H20N2O2/c1-8(2)4-3-5-12-11(15)9-6-10(14)13-7-9/h8-9H,3-7H2,1-2H3,(H,12,15)(H,13,14). The van der Waals surface area contributed by atoms with Crippen molar-refractivity contribution in [3.63, 3.8) is 0 Å². The minimum Gasteiger partial charge on any atom is -0.356 e. The number of nitrogens with one attached hydrogen (secondary N) is 2. The van der Waals surface area contributed by atoms with E-state index >= 15 is 0 Å². The number of hydrogen-bond acceptors (Lipinski definition) is 2. The lowest BCUT2D eigenvalue weighted by atomic mass is 10.1. The first kappa shape index (κ1) is 12.0. The Kier molecular flexibility index (Phi) is 4.59. The second-order valence-electron chi connectivity index (χ2n) is 4.53. The lowest BCUT2D eigenvalue weighted by molar-refractivity contribution is -0.126. The Morgan fingerprint density at radius 2 is 2.33 bits per heavy atom. The fourth-order valence-corrected chi connectivity index (χ4v) is 1.66. The molecule has 0 radical (unpaired) electrons. The first-order valence-corrected chi connectivity index (χ1v) is 5.64. The molecule has 0 aromatic rings. The van der Waals surface area contributed by atoms with Gasteiger partial charge in [0, 0.05) is 19.5 Å². The first-order chi connectivity index (χ1) is 7.09. The van der Waals surface area contributed by atoms with Gasteiger partial charge in [-0.2, -0.15) is 0 Å². The van der Waals surface area contributed by atoms with E-state index in [1.54, 1.807) is 0 Å². The van der Waals surface area contributed by atoms with Crippen molar-refractivity contribution in [2.45, 2.75) is 33.1 Å². The summed E-state index contributed by atoms with van der Waals surface area (Å²) in [6, 6.07) is 0. The van der Waals surface area contributed by atoms with Crippen molar-refractivity contribution < 1.29 is 9.59 Å². The highest BCUT2D eigenvalue weighted by atomic mass is 16.2. The summed E-state index contributed by atoms with van der Waals surface area (Å²) in [6.07, 6.45) is 2.48. The molecule has 0 bridgehead atoms. The van der Waals surface area contributed by atoms with Crippen molar-refractivity contribution in [2.75, 3.05) is 13.1 Å². The van der Waals surface area contributed by atoms with Gasteiger partial charge in [-0.05, 0) is 18.8 Å². The second-order valence-corrected chi connectivity index (χ2v) is 4.53. The molecule has 86 valence electrons. The van der Waals surface area contributed by atoms with Gasteiger partial charge in [0.15, 0.2) is 0 Å². The molecule has 1 unspecified atom stereocenters. The lowest BCUT2D eigenvalue weighted by Gasteiger charge is -2.09. The van der Waals surface area contributed by atoms with E-state index in [1.807, 2.05) is 0 Å². The summed E-state index contributed by atoms with van der Waals surface area (Å²) >= 11 is 0. The summed E-state index contributed by atoms with van der Waals surface area (Å²) in [4.78, 5) is 22.4. The molecule has 4 heteroatoms. The van der Waals surface area contributed by atoms with Gasteiger partial charge in [-0.15, -0.1) is 0 Å². The van der Waals surface area contributed by atoms with Crippen LogP contribution in [0.1, 0.15) is 33.1 Å². The average molecular weight is 212 g/mol. The van der Waals surface area contributed by atoms with Gasteiger partial charge in [-0.3, -0.25) is 9.59 Å². The summed E-state index contributed by atoms with van der Waals surface area (Å²) in [7, 11) is 0. The molecule has 1 aliphatic heterocycles. The lowest BCUT2D eigenvalue weighted by Crippen LogP contribution is -2.32. The van der Waals surface area contributed by atoms with Crippen LogP contribution < -0.4 is 10.6 Å². The van der Waals surface area contributed by atoms with Gasteiger partial charge in [0.2, 0.25) is 11.8 Å². The van der Waals surface area contributed by atoms with Gasteiger partial charge in [-0.1, -0.05) is 13.8 Å². The number of hydrogen-bond donors (Lipinski definition) is 2. The maximum absolute atomic E-state index is 11.5. The molecule has 0 aliphatic carbocycles. The maximum Gasteiger partial charge on any atom is 0.225 e. The Labute approximate surface area is 90.8 Å². The molecule has 1 rings (SSSR count). The molecule has 0 aromatic carbocycles. The number of carbonyl (C=O) groups excluding carboxylic acids is 2.